The molecule has 0 nitrogen and oxygen atoms in total. The summed E-state index contributed by atoms with van der Waals surface area (Å²) < 4.78 is 0. The van der Waals surface area contributed by atoms with Crippen LogP contribution < -0.4 is 0 Å². The van der Waals surface area contributed by atoms with Crippen LogP contribution in [-0.4, -0.2) is 0 Å². The van der Waals surface area contributed by atoms with E-state index in [1.54, 1.807) is 0 Å². The van der Waals surface area contributed by atoms with Gasteiger partial charge in [-0.25, -0.2) is 0 Å². The van der Waals surface area contributed by atoms with Crippen LogP contribution in [0.2, 0.25) is 0 Å². The molecule has 0 aromatic rings. The Morgan fingerprint density at radius 2 is 1.50 bits per heavy atom. The molecule has 1 heteroatoms. The molecule has 0 saturated heterocycles. The SMILES string of the molecule is CC1=CCC=C1C.[W]. The summed E-state index contributed by atoms with van der Waals surface area (Å²) in [4.78, 5) is 0. The van der Waals surface area contributed by atoms with Crippen LogP contribution in [0.3, 0.4) is 0 Å². The van der Waals surface area contributed by atoms with Gasteiger partial charge in [0.25, 0.3) is 0 Å². The molecular formula is C7H10W. The van der Waals surface area contributed by atoms with Gasteiger partial charge in [0.05, 0.1) is 0 Å². The fraction of sp³-hybridized carbons (Fsp3) is 0.429. The van der Waals surface area contributed by atoms with E-state index in [1.165, 1.54) is 11.1 Å². The molecule has 0 radical (unpaired) electrons. The van der Waals surface area contributed by atoms with Crippen molar-refractivity contribution < 1.29 is 21.1 Å². The fourth-order valence-corrected chi connectivity index (χ4v) is 0.734. The number of rotatable bonds is 0. The Kier molecular flexibility index (Phi) is 3.31. The first kappa shape index (κ1) is 8.17. The topological polar surface area (TPSA) is 0 Å². The molecule has 0 bridgehead atoms. The second-order valence-corrected chi connectivity index (χ2v) is 2.01. The molecule has 1 aliphatic rings. The van der Waals surface area contributed by atoms with Crippen molar-refractivity contribution in [3.05, 3.63) is 23.3 Å². The Bertz CT molecular complexity index is 115. The van der Waals surface area contributed by atoms with Crippen molar-refractivity contribution in [1.29, 1.82) is 0 Å². The molecule has 0 spiro atoms. The molecule has 1 aliphatic carbocycles. The Hall–Kier alpha value is 0.168. The zero-order valence-electron chi connectivity index (χ0n) is 5.27. The molecule has 1 rings (SSSR count). The van der Waals surface area contributed by atoms with Crippen LogP contribution >= 0.6 is 0 Å². The van der Waals surface area contributed by atoms with Gasteiger partial charge in [-0.3, -0.25) is 0 Å². The first-order valence-corrected chi connectivity index (χ1v) is 2.64. The van der Waals surface area contributed by atoms with Crippen molar-refractivity contribution in [2.45, 2.75) is 20.3 Å². The second-order valence-electron chi connectivity index (χ2n) is 2.01. The number of hydrogen-bond donors (Lipinski definition) is 0. The Morgan fingerprint density at radius 1 is 1.12 bits per heavy atom. The van der Waals surface area contributed by atoms with Crippen molar-refractivity contribution in [1.82, 2.24) is 0 Å². The molecule has 0 aliphatic heterocycles. The molecule has 0 unspecified atom stereocenters. The second kappa shape index (κ2) is 3.24. The van der Waals surface area contributed by atoms with Gasteiger partial charge in [-0.1, -0.05) is 23.3 Å². The van der Waals surface area contributed by atoms with Crippen LogP contribution in [0.5, 0.6) is 0 Å². The fourth-order valence-electron chi connectivity index (χ4n) is 0.734. The van der Waals surface area contributed by atoms with E-state index in [1.807, 2.05) is 0 Å². The third kappa shape index (κ3) is 1.59. The number of allylic oxidation sites excluding steroid dienone is 4. The summed E-state index contributed by atoms with van der Waals surface area (Å²) >= 11 is 0. The van der Waals surface area contributed by atoms with E-state index < -0.39 is 0 Å². The van der Waals surface area contributed by atoms with Gasteiger partial charge in [-0.15, -0.1) is 0 Å². The quantitative estimate of drug-likeness (QED) is 0.637. The van der Waals surface area contributed by atoms with Gasteiger partial charge < -0.3 is 0 Å². The normalized spacial score (nSPS) is 16.8. The molecule has 0 amide bonds. The summed E-state index contributed by atoms with van der Waals surface area (Å²) in [6.07, 6.45) is 5.64. The summed E-state index contributed by atoms with van der Waals surface area (Å²) in [5.41, 5.74) is 2.89. The summed E-state index contributed by atoms with van der Waals surface area (Å²) in [6.45, 7) is 4.30. The van der Waals surface area contributed by atoms with Crippen LogP contribution in [0.15, 0.2) is 23.3 Å². The van der Waals surface area contributed by atoms with E-state index in [2.05, 4.69) is 26.0 Å². The molecule has 0 atom stereocenters. The molecule has 0 saturated carbocycles. The van der Waals surface area contributed by atoms with E-state index in [4.69, 9.17) is 0 Å². The van der Waals surface area contributed by atoms with Gasteiger partial charge >= 0.3 is 0 Å². The molecule has 44 valence electrons. The maximum atomic E-state index is 2.25. The molecular weight excluding hydrogens is 268 g/mol. The average Bonchev–Trinajstić information content (AvgIpc) is 1.91. The maximum absolute atomic E-state index is 2.25. The van der Waals surface area contributed by atoms with Gasteiger partial charge in [0.2, 0.25) is 0 Å². The molecule has 0 N–H and O–H groups in total. The van der Waals surface area contributed by atoms with Gasteiger partial charge in [-0.2, -0.15) is 0 Å². The van der Waals surface area contributed by atoms with E-state index in [-0.39, 0.29) is 21.1 Å². The Morgan fingerprint density at radius 3 is 1.62 bits per heavy atom. The molecule has 0 heterocycles. The monoisotopic (exact) mass is 278 g/mol. The van der Waals surface area contributed by atoms with Gasteiger partial charge in [0.1, 0.15) is 0 Å². The van der Waals surface area contributed by atoms with Crippen LogP contribution in [0.4, 0.5) is 0 Å². The van der Waals surface area contributed by atoms with E-state index >= 15 is 0 Å². The smallest absolute Gasteiger partial charge is 0 e. The van der Waals surface area contributed by atoms with Crippen molar-refractivity contribution in [2.75, 3.05) is 0 Å². The van der Waals surface area contributed by atoms with Gasteiger partial charge in [-0.05, 0) is 20.3 Å². The standard InChI is InChI=1S/C7H10.W/c1-6-4-3-5-7(6)2;/h4-5H,3H2,1-2H3;. The van der Waals surface area contributed by atoms with E-state index in [0.29, 0.717) is 0 Å². The predicted octanol–water partition coefficient (Wildman–Crippen LogP) is 2.28. The summed E-state index contributed by atoms with van der Waals surface area (Å²) in [5.74, 6) is 0. The maximum Gasteiger partial charge on any atom is 0 e. The molecule has 0 aromatic heterocycles. The van der Waals surface area contributed by atoms with Crippen LogP contribution in [0.1, 0.15) is 20.3 Å². The summed E-state index contributed by atoms with van der Waals surface area (Å²) in [7, 11) is 0. The predicted molar refractivity (Wildman–Crippen MR) is 32.1 cm³/mol. The Balaban J connectivity index is 0.000000490. The van der Waals surface area contributed by atoms with Crippen LogP contribution in [0, 0.1) is 0 Å². The first-order chi connectivity index (χ1) is 3.30. The minimum Gasteiger partial charge on any atom is -0.0775 e. The summed E-state index contributed by atoms with van der Waals surface area (Å²) in [6, 6.07) is 0. The van der Waals surface area contributed by atoms with Gasteiger partial charge in [0, 0.05) is 21.1 Å². The number of hydrogen-bond acceptors (Lipinski definition) is 0. The van der Waals surface area contributed by atoms with E-state index in [9.17, 15) is 0 Å². The van der Waals surface area contributed by atoms with Crippen LogP contribution in [-0.2, 0) is 21.1 Å². The minimum atomic E-state index is 0. The van der Waals surface area contributed by atoms with Crippen molar-refractivity contribution >= 4 is 0 Å². The van der Waals surface area contributed by atoms with Crippen molar-refractivity contribution in [2.24, 2.45) is 0 Å². The van der Waals surface area contributed by atoms with E-state index in [0.717, 1.165) is 6.42 Å². The van der Waals surface area contributed by atoms with Crippen LogP contribution in [0.25, 0.3) is 0 Å². The zero-order chi connectivity index (χ0) is 5.28. The zero-order valence-corrected chi connectivity index (χ0v) is 8.20. The van der Waals surface area contributed by atoms with Crippen molar-refractivity contribution in [3.63, 3.8) is 0 Å². The molecule has 0 aromatic carbocycles. The Labute approximate surface area is 64.9 Å². The minimum absolute atomic E-state index is 0. The van der Waals surface area contributed by atoms with Crippen molar-refractivity contribution in [3.8, 4) is 0 Å². The summed E-state index contributed by atoms with van der Waals surface area (Å²) in [5, 5.41) is 0. The van der Waals surface area contributed by atoms with Gasteiger partial charge in [0.15, 0.2) is 0 Å². The largest absolute Gasteiger partial charge is 0.0775 e. The third-order valence-corrected chi connectivity index (χ3v) is 1.47. The first-order valence-electron chi connectivity index (χ1n) is 2.64. The third-order valence-electron chi connectivity index (χ3n) is 1.47. The molecule has 0 fully saturated rings. The average molecular weight is 278 g/mol. The molecule has 8 heavy (non-hydrogen) atoms.